The highest BCUT2D eigenvalue weighted by atomic mass is 16.5. The second kappa shape index (κ2) is 3.78. The predicted molar refractivity (Wildman–Crippen MR) is 65.6 cm³/mol. The van der Waals surface area contributed by atoms with Crippen LogP contribution in [0.1, 0.15) is 27.9 Å². The normalized spacial score (nSPS) is 10.8. The van der Waals surface area contributed by atoms with Gasteiger partial charge in [-0.05, 0) is 45.7 Å². The highest BCUT2D eigenvalue weighted by molar-refractivity contribution is 5.69. The lowest BCUT2D eigenvalue weighted by Gasteiger charge is -2.08. The van der Waals surface area contributed by atoms with Crippen LogP contribution in [-0.2, 0) is 0 Å². The molecule has 0 spiro atoms. The molecule has 0 saturated heterocycles. The summed E-state index contributed by atoms with van der Waals surface area (Å²) in [5.74, 6) is 0.910. The summed E-state index contributed by atoms with van der Waals surface area (Å²) in [5, 5.41) is 4.02. The van der Waals surface area contributed by atoms with Gasteiger partial charge in [-0.3, -0.25) is 0 Å². The number of aromatic nitrogens is 1. The maximum Gasteiger partial charge on any atom is 0.170 e. The molecule has 0 saturated carbocycles. The molecule has 0 atom stereocenters. The standard InChI is InChI=1S/C14H17NO/c1-8-6-9(2)13(10(3)7-8)14-11(4)12(5)15-16-14/h6-7H,1-5H3. The van der Waals surface area contributed by atoms with Crippen LogP contribution < -0.4 is 0 Å². The van der Waals surface area contributed by atoms with E-state index in [0.29, 0.717) is 0 Å². The van der Waals surface area contributed by atoms with Crippen molar-refractivity contribution in [3.05, 3.63) is 40.1 Å². The molecule has 0 radical (unpaired) electrons. The summed E-state index contributed by atoms with van der Waals surface area (Å²) in [6.45, 7) is 10.4. The minimum absolute atomic E-state index is 0.910. The molecule has 0 unspecified atom stereocenters. The summed E-state index contributed by atoms with van der Waals surface area (Å²) < 4.78 is 5.43. The third-order valence-corrected chi connectivity index (χ3v) is 3.06. The van der Waals surface area contributed by atoms with Gasteiger partial charge in [0, 0.05) is 11.1 Å². The lowest BCUT2D eigenvalue weighted by atomic mass is 9.96. The monoisotopic (exact) mass is 215 g/mol. The Balaban J connectivity index is 2.69. The molecule has 2 heteroatoms. The molecule has 2 aromatic rings. The van der Waals surface area contributed by atoms with Crippen molar-refractivity contribution in [3.8, 4) is 11.3 Å². The van der Waals surface area contributed by atoms with Gasteiger partial charge >= 0.3 is 0 Å². The van der Waals surface area contributed by atoms with E-state index in [9.17, 15) is 0 Å². The van der Waals surface area contributed by atoms with E-state index >= 15 is 0 Å². The second-order valence-corrected chi connectivity index (χ2v) is 4.50. The molecule has 1 aromatic heterocycles. The quantitative estimate of drug-likeness (QED) is 0.721. The number of rotatable bonds is 1. The molecule has 2 rings (SSSR count). The number of hydrogen-bond acceptors (Lipinski definition) is 2. The summed E-state index contributed by atoms with van der Waals surface area (Å²) in [5.41, 5.74) is 7.06. The van der Waals surface area contributed by atoms with Gasteiger partial charge in [0.2, 0.25) is 0 Å². The highest BCUT2D eigenvalue weighted by Crippen LogP contribution is 2.31. The molecular formula is C14H17NO. The van der Waals surface area contributed by atoms with Gasteiger partial charge in [-0.1, -0.05) is 22.9 Å². The van der Waals surface area contributed by atoms with Crippen LogP contribution in [0.3, 0.4) is 0 Å². The van der Waals surface area contributed by atoms with Crippen LogP contribution >= 0.6 is 0 Å². The SMILES string of the molecule is Cc1cc(C)c(-c2onc(C)c2C)c(C)c1. The number of hydrogen-bond donors (Lipinski definition) is 0. The first kappa shape index (κ1) is 10.9. The maximum absolute atomic E-state index is 5.43. The predicted octanol–water partition coefficient (Wildman–Crippen LogP) is 3.88. The van der Waals surface area contributed by atoms with E-state index in [0.717, 1.165) is 17.0 Å². The van der Waals surface area contributed by atoms with Crippen molar-refractivity contribution in [2.45, 2.75) is 34.6 Å². The number of benzene rings is 1. The average molecular weight is 215 g/mol. The van der Waals surface area contributed by atoms with Crippen molar-refractivity contribution in [2.24, 2.45) is 0 Å². The van der Waals surface area contributed by atoms with E-state index in [4.69, 9.17) is 4.52 Å². The third-order valence-electron chi connectivity index (χ3n) is 3.06. The zero-order valence-corrected chi connectivity index (χ0v) is 10.5. The van der Waals surface area contributed by atoms with Crippen LogP contribution in [0.15, 0.2) is 16.7 Å². The molecule has 0 amide bonds. The van der Waals surface area contributed by atoms with E-state index in [1.54, 1.807) is 0 Å². The van der Waals surface area contributed by atoms with Gasteiger partial charge in [-0.25, -0.2) is 0 Å². The Labute approximate surface area is 96.3 Å². The van der Waals surface area contributed by atoms with Gasteiger partial charge in [0.15, 0.2) is 5.76 Å². The summed E-state index contributed by atoms with van der Waals surface area (Å²) in [4.78, 5) is 0. The molecule has 0 aliphatic heterocycles. The first-order valence-corrected chi connectivity index (χ1v) is 5.52. The Bertz CT molecular complexity index is 515. The molecule has 16 heavy (non-hydrogen) atoms. The molecule has 0 N–H and O–H groups in total. The van der Waals surface area contributed by atoms with Crippen molar-refractivity contribution in [2.75, 3.05) is 0 Å². The Morgan fingerprint density at radius 2 is 1.50 bits per heavy atom. The van der Waals surface area contributed by atoms with Crippen molar-refractivity contribution >= 4 is 0 Å². The van der Waals surface area contributed by atoms with Crippen molar-refractivity contribution < 1.29 is 4.52 Å². The fraction of sp³-hybridized carbons (Fsp3) is 0.357. The number of aryl methyl sites for hydroxylation is 4. The van der Waals surface area contributed by atoms with Crippen LogP contribution in [0.4, 0.5) is 0 Å². The molecule has 1 heterocycles. The van der Waals surface area contributed by atoms with Crippen LogP contribution in [0, 0.1) is 34.6 Å². The van der Waals surface area contributed by atoms with Crippen LogP contribution in [0.2, 0.25) is 0 Å². The smallest absolute Gasteiger partial charge is 0.170 e. The lowest BCUT2D eigenvalue weighted by molar-refractivity contribution is 0.426. The Morgan fingerprint density at radius 1 is 0.938 bits per heavy atom. The van der Waals surface area contributed by atoms with E-state index in [1.807, 2.05) is 6.92 Å². The van der Waals surface area contributed by atoms with Crippen molar-refractivity contribution in [3.63, 3.8) is 0 Å². The van der Waals surface area contributed by atoms with Gasteiger partial charge in [0.25, 0.3) is 0 Å². The summed E-state index contributed by atoms with van der Waals surface area (Å²) >= 11 is 0. The fourth-order valence-corrected chi connectivity index (χ4v) is 2.19. The minimum atomic E-state index is 0.910. The molecule has 0 fully saturated rings. The van der Waals surface area contributed by atoms with Crippen molar-refractivity contribution in [1.82, 2.24) is 5.16 Å². The van der Waals surface area contributed by atoms with Gasteiger partial charge in [0.1, 0.15) is 0 Å². The maximum atomic E-state index is 5.43. The van der Waals surface area contributed by atoms with Gasteiger partial charge in [0.05, 0.1) is 5.69 Å². The molecule has 0 aliphatic carbocycles. The molecule has 1 aromatic carbocycles. The molecule has 2 nitrogen and oxygen atoms in total. The van der Waals surface area contributed by atoms with Crippen molar-refractivity contribution in [1.29, 1.82) is 0 Å². The van der Waals surface area contributed by atoms with Crippen LogP contribution in [0.25, 0.3) is 11.3 Å². The third kappa shape index (κ3) is 1.64. The topological polar surface area (TPSA) is 26.0 Å². The van der Waals surface area contributed by atoms with Crippen LogP contribution in [-0.4, -0.2) is 5.16 Å². The van der Waals surface area contributed by atoms with Gasteiger partial charge in [-0.2, -0.15) is 0 Å². The van der Waals surface area contributed by atoms with E-state index in [-0.39, 0.29) is 0 Å². The average Bonchev–Trinajstić information content (AvgIpc) is 2.48. The molecule has 84 valence electrons. The Kier molecular flexibility index (Phi) is 2.58. The van der Waals surface area contributed by atoms with E-state index < -0.39 is 0 Å². The lowest BCUT2D eigenvalue weighted by Crippen LogP contribution is -1.90. The van der Waals surface area contributed by atoms with Gasteiger partial charge < -0.3 is 4.52 Å². The fourth-order valence-electron chi connectivity index (χ4n) is 2.19. The zero-order chi connectivity index (χ0) is 11.9. The minimum Gasteiger partial charge on any atom is -0.356 e. The first-order chi connectivity index (χ1) is 7.50. The zero-order valence-electron chi connectivity index (χ0n) is 10.5. The Morgan fingerprint density at radius 3 is 1.94 bits per heavy atom. The summed E-state index contributed by atoms with van der Waals surface area (Å²) in [6, 6.07) is 4.36. The molecule has 0 bridgehead atoms. The first-order valence-electron chi connectivity index (χ1n) is 5.52. The summed E-state index contributed by atoms with van der Waals surface area (Å²) in [7, 11) is 0. The number of nitrogens with zero attached hydrogens (tertiary/aromatic N) is 1. The summed E-state index contributed by atoms with van der Waals surface area (Å²) in [6.07, 6.45) is 0. The highest BCUT2D eigenvalue weighted by Gasteiger charge is 2.15. The molecular weight excluding hydrogens is 198 g/mol. The van der Waals surface area contributed by atoms with Gasteiger partial charge in [-0.15, -0.1) is 0 Å². The van der Waals surface area contributed by atoms with E-state index in [2.05, 4.69) is 45.0 Å². The van der Waals surface area contributed by atoms with E-state index in [1.165, 1.54) is 22.3 Å². The largest absolute Gasteiger partial charge is 0.356 e. The van der Waals surface area contributed by atoms with Crippen LogP contribution in [0.5, 0.6) is 0 Å². The molecule has 0 aliphatic rings. The Hall–Kier alpha value is -1.57. The second-order valence-electron chi connectivity index (χ2n) is 4.50.